The number of carbonyl (C=O) groups excluding carboxylic acids is 4. The van der Waals surface area contributed by atoms with Crippen LogP contribution < -0.4 is 9.47 Å². The van der Waals surface area contributed by atoms with Crippen molar-refractivity contribution in [2.45, 2.75) is 120 Å². The fourth-order valence-corrected chi connectivity index (χ4v) is 9.22. The molecule has 10 N–H and O–H groups in total. The van der Waals surface area contributed by atoms with Crippen molar-refractivity contribution in [1.82, 2.24) is 0 Å². The van der Waals surface area contributed by atoms with Gasteiger partial charge in [0, 0.05) is 42.4 Å². The van der Waals surface area contributed by atoms with Gasteiger partial charge in [-0.1, -0.05) is 48.6 Å². The lowest BCUT2D eigenvalue weighted by Gasteiger charge is -2.42. The summed E-state index contributed by atoms with van der Waals surface area (Å²) in [4.78, 5) is 54.7. The molecule has 3 aromatic rings. The lowest BCUT2D eigenvalue weighted by molar-refractivity contribution is -0.327. The van der Waals surface area contributed by atoms with Crippen LogP contribution in [0, 0.1) is 11.8 Å². The number of benzene rings is 3. The second-order valence-corrected chi connectivity index (χ2v) is 19.0. The van der Waals surface area contributed by atoms with E-state index in [9.17, 15) is 70.2 Å². The smallest absolute Gasteiger partial charge is 0.337 e. The number of hydrogen-bond acceptors (Lipinski definition) is 24. The number of carbonyl (C=O) groups is 4. The Bertz CT molecular complexity index is 2680. The molecule has 7 rings (SSSR count). The maximum absolute atomic E-state index is 13.8. The van der Waals surface area contributed by atoms with Gasteiger partial charge in [0.1, 0.15) is 66.1 Å². The van der Waals surface area contributed by atoms with Gasteiger partial charge >= 0.3 is 23.9 Å². The first-order valence-electron chi connectivity index (χ1n) is 25.7. The SMILES string of the molecule is CC=C1[C@@H](O[C@@H]2O[C@@H](CO)[C@@H](O)[C@H](O)[C@H]2O)OC=C(C(=O)OCCc2ccc(OC(=O)C[C@@H]3C(C(=O)OCCc4ccc(O)cc4)=CO[C@H](O[C@H]4O[C@H](CO)[C@@H](O)[C@H](O)[C@H]4O)C3=CC)cc2)[C@H]1CC(=O)Oc1ccc(CCO)cc1. The molecule has 24 heteroatoms. The second-order valence-electron chi connectivity index (χ2n) is 19.0. The lowest BCUT2D eigenvalue weighted by Crippen LogP contribution is -2.60. The van der Waals surface area contributed by atoms with E-state index in [4.69, 9.17) is 47.4 Å². The summed E-state index contributed by atoms with van der Waals surface area (Å²) >= 11 is 0. The van der Waals surface area contributed by atoms with E-state index in [0.29, 0.717) is 12.0 Å². The molecule has 0 aliphatic carbocycles. The van der Waals surface area contributed by atoms with E-state index in [1.807, 2.05) is 0 Å². The van der Waals surface area contributed by atoms with Gasteiger partial charge in [0.2, 0.25) is 12.6 Å². The highest BCUT2D eigenvalue weighted by Gasteiger charge is 2.49. The largest absolute Gasteiger partial charge is 0.508 e. The molecular formula is C56H66O24. The van der Waals surface area contributed by atoms with E-state index >= 15 is 0 Å². The molecule has 4 heterocycles. The molecule has 2 saturated heterocycles. The fourth-order valence-electron chi connectivity index (χ4n) is 9.22. The molecule has 0 saturated carbocycles. The number of phenolic OH excluding ortho intramolecular Hbond substituents is 1. The third-order valence-corrected chi connectivity index (χ3v) is 13.7. The van der Waals surface area contributed by atoms with Gasteiger partial charge in [0.15, 0.2) is 12.6 Å². The minimum atomic E-state index is -1.80. The maximum Gasteiger partial charge on any atom is 0.337 e. The van der Waals surface area contributed by atoms with Crippen LogP contribution in [0.4, 0.5) is 0 Å². The van der Waals surface area contributed by atoms with Crippen LogP contribution in [-0.4, -0.2) is 182 Å². The molecule has 24 nitrogen and oxygen atoms in total. The zero-order chi connectivity index (χ0) is 57.6. The van der Waals surface area contributed by atoms with E-state index in [2.05, 4.69) is 0 Å². The van der Waals surface area contributed by atoms with Crippen LogP contribution in [0.25, 0.3) is 0 Å². The first kappa shape index (κ1) is 61.0. The summed E-state index contributed by atoms with van der Waals surface area (Å²) in [5.41, 5.74) is 2.39. The summed E-state index contributed by atoms with van der Waals surface area (Å²) in [6, 6.07) is 18.9. The molecular weight excluding hydrogens is 1060 g/mol. The Labute approximate surface area is 458 Å². The number of allylic oxidation sites excluding steroid dienone is 2. The van der Waals surface area contributed by atoms with E-state index < -0.39 is 136 Å². The van der Waals surface area contributed by atoms with E-state index in [-0.39, 0.29) is 72.2 Å². The standard InChI is InChI=1S/C56H66O24/c1-3-35-37(23-43(61)75-33-13-7-29(8-14-33)17-20-57)40(28-74-53(35)79-55-49(67)47(65)45(63)41(25-58)77-55)52(70)72-22-19-31-9-15-34(16-10-31)76-44(62)24-38-36(4-2)54(80-56-50(68)48(66)46(64)42(26-59)78-56)73-27-39(38)51(69)71-21-18-30-5-11-32(60)12-6-30/h3-16,27-28,37-38,41-42,45-50,53-60,63-68H,17-26H2,1-2H3/t37-,38-,41-,42+,45+,46+,47-,48-,49+,50+,53+,54+,55-,56+/m0/s1. The third kappa shape index (κ3) is 15.2. The van der Waals surface area contributed by atoms with Crippen molar-refractivity contribution in [2.24, 2.45) is 11.8 Å². The number of aliphatic hydroxyl groups excluding tert-OH is 9. The van der Waals surface area contributed by atoms with Crippen LogP contribution in [0.1, 0.15) is 43.4 Å². The van der Waals surface area contributed by atoms with Crippen molar-refractivity contribution < 1.29 is 118 Å². The number of aromatic hydroxyl groups is 1. The Kier molecular flexibility index (Phi) is 21.9. The number of esters is 4. The fraction of sp³-hybridized carbons (Fsp3) is 0.464. The molecule has 4 aliphatic heterocycles. The molecule has 80 heavy (non-hydrogen) atoms. The van der Waals surface area contributed by atoms with E-state index in [1.54, 1.807) is 62.4 Å². The number of rotatable bonds is 22. The van der Waals surface area contributed by atoms with Crippen LogP contribution in [0.2, 0.25) is 0 Å². The van der Waals surface area contributed by atoms with Gasteiger partial charge in [-0.2, -0.15) is 0 Å². The van der Waals surface area contributed by atoms with Crippen LogP contribution in [-0.2, 0) is 76.3 Å². The Balaban J connectivity index is 0.998. The summed E-state index contributed by atoms with van der Waals surface area (Å²) in [5.74, 6) is -5.14. The van der Waals surface area contributed by atoms with Crippen molar-refractivity contribution in [3.63, 3.8) is 0 Å². The van der Waals surface area contributed by atoms with E-state index in [1.165, 1.54) is 36.4 Å². The molecule has 0 radical (unpaired) electrons. The summed E-state index contributed by atoms with van der Waals surface area (Å²) in [6.45, 7) is 1.35. The van der Waals surface area contributed by atoms with Crippen LogP contribution in [0.5, 0.6) is 17.2 Å². The summed E-state index contributed by atoms with van der Waals surface area (Å²) < 4.78 is 56.9. The zero-order valence-electron chi connectivity index (χ0n) is 43.6. The highest BCUT2D eigenvalue weighted by Crippen LogP contribution is 2.39. The molecule has 0 bridgehead atoms. The molecule has 2 fully saturated rings. The third-order valence-electron chi connectivity index (χ3n) is 13.7. The lowest BCUT2D eigenvalue weighted by atomic mass is 9.86. The van der Waals surface area contributed by atoms with Crippen LogP contribution in [0.3, 0.4) is 0 Å². The van der Waals surface area contributed by atoms with Gasteiger partial charge in [0.05, 0.1) is 62.9 Å². The molecule has 14 atom stereocenters. The van der Waals surface area contributed by atoms with Gasteiger partial charge in [0.25, 0.3) is 0 Å². The Morgan fingerprint density at radius 3 is 1.25 bits per heavy atom. The molecule has 0 unspecified atom stereocenters. The number of ether oxygens (including phenoxy) is 10. The quantitative estimate of drug-likeness (QED) is 0.0368. The highest BCUT2D eigenvalue weighted by atomic mass is 16.8. The number of phenols is 1. The monoisotopic (exact) mass is 1120 g/mol. The van der Waals surface area contributed by atoms with Crippen LogP contribution >= 0.6 is 0 Å². The molecule has 0 amide bonds. The van der Waals surface area contributed by atoms with Crippen molar-refractivity contribution in [3.8, 4) is 17.2 Å². The molecule has 434 valence electrons. The summed E-state index contributed by atoms with van der Waals surface area (Å²) in [5, 5.41) is 101. The van der Waals surface area contributed by atoms with Gasteiger partial charge in [-0.15, -0.1) is 0 Å². The highest BCUT2D eigenvalue weighted by molar-refractivity contribution is 5.92. The first-order valence-corrected chi connectivity index (χ1v) is 25.7. The summed E-state index contributed by atoms with van der Waals surface area (Å²) in [7, 11) is 0. The van der Waals surface area contributed by atoms with Gasteiger partial charge in [-0.3, -0.25) is 9.59 Å². The van der Waals surface area contributed by atoms with Crippen molar-refractivity contribution in [1.29, 1.82) is 0 Å². The molecule has 4 aliphatic rings. The molecule has 0 aromatic heterocycles. The Hall–Kier alpha value is -6.62. The van der Waals surface area contributed by atoms with Crippen molar-refractivity contribution in [3.05, 3.63) is 136 Å². The Morgan fingerprint density at radius 2 is 0.887 bits per heavy atom. The minimum absolute atomic E-state index is 0.0611. The van der Waals surface area contributed by atoms with Gasteiger partial charge in [-0.25, -0.2) is 9.59 Å². The summed E-state index contributed by atoms with van der Waals surface area (Å²) in [6.07, 6.45) is -14.2. The Morgan fingerprint density at radius 1 is 0.512 bits per heavy atom. The van der Waals surface area contributed by atoms with E-state index in [0.717, 1.165) is 23.7 Å². The normalized spacial score (nSPS) is 29.6. The molecule has 0 spiro atoms. The minimum Gasteiger partial charge on any atom is -0.508 e. The predicted molar refractivity (Wildman–Crippen MR) is 272 cm³/mol. The predicted octanol–water partition coefficient (Wildman–Crippen LogP) is 0.328. The van der Waals surface area contributed by atoms with Crippen molar-refractivity contribution in [2.75, 3.05) is 33.0 Å². The topological polar surface area (TPSA) is 363 Å². The first-order chi connectivity index (χ1) is 38.5. The number of hydrogen-bond donors (Lipinski definition) is 10. The zero-order valence-corrected chi connectivity index (χ0v) is 43.6. The molecule has 3 aromatic carbocycles. The average molecular weight is 1120 g/mol. The van der Waals surface area contributed by atoms with Gasteiger partial charge in [-0.05, 0) is 73.4 Å². The maximum atomic E-state index is 13.8. The van der Waals surface area contributed by atoms with Gasteiger partial charge < -0.3 is 98.4 Å². The average Bonchev–Trinajstić information content (AvgIpc) is 3.47. The second kappa shape index (κ2) is 28.7. The van der Waals surface area contributed by atoms with Crippen molar-refractivity contribution >= 4 is 23.9 Å². The van der Waals surface area contributed by atoms with Crippen LogP contribution in [0.15, 0.2) is 120 Å². The number of aliphatic hydroxyl groups is 9.